The Balaban J connectivity index is 1.86. The minimum atomic E-state index is -0.678. The van der Waals surface area contributed by atoms with Crippen molar-refractivity contribution < 1.29 is 9.59 Å². The van der Waals surface area contributed by atoms with Crippen LogP contribution in [0.1, 0.15) is 15.9 Å². The zero-order chi connectivity index (χ0) is 16.6. The minimum absolute atomic E-state index is 0.322. The zero-order valence-electron chi connectivity index (χ0n) is 12.1. The van der Waals surface area contributed by atoms with Gasteiger partial charge in [0.25, 0.3) is 11.7 Å². The van der Waals surface area contributed by atoms with Gasteiger partial charge in [-0.05, 0) is 42.8 Å². The predicted molar refractivity (Wildman–Crippen MR) is 95.1 cm³/mol. The summed E-state index contributed by atoms with van der Waals surface area (Å²) < 4.78 is 0.940. The first kappa shape index (κ1) is 15.8. The number of H-pyrrole nitrogens is 1. The van der Waals surface area contributed by atoms with Crippen LogP contribution in [0.3, 0.4) is 0 Å². The van der Waals surface area contributed by atoms with E-state index in [4.69, 9.17) is 11.6 Å². The van der Waals surface area contributed by atoms with Gasteiger partial charge in [-0.15, -0.1) is 0 Å². The molecule has 3 rings (SSSR count). The SMILES string of the molecule is Cc1cc(NC(=O)C(=O)c2c[nH]c3cc(Cl)ccc23)ccc1Br. The van der Waals surface area contributed by atoms with Crippen molar-refractivity contribution in [1.29, 1.82) is 0 Å². The summed E-state index contributed by atoms with van der Waals surface area (Å²) in [6.45, 7) is 1.91. The molecular formula is C17H12BrClN2O2. The molecule has 3 aromatic rings. The van der Waals surface area contributed by atoms with Crippen molar-refractivity contribution in [2.75, 3.05) is 5.32 Å². The van der Waals surface area contributed by atoms with Gasteiger partial charge in [0, 0.05) is 32.3 Å². The minimum Gasteiger partial charge on any atom is -0.360 e. The van der Waals surface area contributed by atoms with Crippen LogP contribution in [-0.4, -0.2) is 16.7 Å². The van der Waals surface area contributed by atoms with Crippen LogP contribution >= 0.6 is 27.5 Å². The van der Waals surface area contributed by atoms with Gasteiger partial charge >= 0.3 is 0 Å². The summed E-state index contributed by atoms with van der Waals surface area (Å²) in [7, 11) is 0. The number of rotatable bonds is 3. The third-order valence-electron chi connectivity index (χ3n) is 3.51. The smallest absolute Gasteiger partial charge is 0.296 e. The van der Waals surface area contributed by atoms with Gasteiger partial charge in [0.05, 0.1) is 5.56 Å². The number of Topliss-reactive ketones (excluding diaryl/α,β-unsaturated/α-hetero) is 1. The molecule has 0 saturated carbocycles. The normalized spacial score (nSPS) is 10.7. The molecule has 1 heterocycles. The van der Waals surface area contributed by atoms with Gasteiger partial charge in [0.15, 0.2) is 0 Å². The van der Waals surface area contributed by atoms with Crippen LogP contribution in [0, 0.1) is 6.92 Å². The van der Waals surface area contributed by atoms with E-state index in [1.807, 2.05) is 13.0 Å². The lowest BCUT2D eigenvalue weighted by Crippen LogP contribution is -2.22. The second-order valence-corrected chi connectivity index (χ2v) is 6.43. The third kappa shape index (κ3) is 3.16. The number of hydrogen-bond donors (Lipinski definition) is 2. The molecule has 0 unspecified atom stereocenters. The molecule has 0 aliphatic heterocycles. The molecule has 23 heavy (non-hydrogen) atoms. The number of aromatic nitrogens is 1. The van der Waals surface area contributed by atoms with E-state index in [-0.39, 0.29) is 0 Å². The summed E-state index contributed by atoms with van der Waals surface area (Å²) in [6, 6.07) is 10.5. The van der Waals surface area contributed by atoms with E-state index in [2.05, 4.69) is 26.2 Å². The Bertz CT molecular complexity index is 933. The summed E-state index contributed by atoms with van der Waals surface area (Å²) in [5.74, 6) is -1.28. The molecule has 0 fully saturated rings. The number of carbonyl (C=O) groups excluding carboxylic acids is 2. The number of carbonyl (C=O) groups is 2. The van der Waals surface area contributed by atoms with Gasteiger partial charge in [-0.3, -0.25) is 9.59 Å². The maximum absolute atomic E-state index is 12.4. The predicted octanol–water partition coefficient (Wildman–Crippen LogP) is 4.71. The maximum atomic E-state index is 12.4. The molecule has 0 bridgehead atoms. The van der Waals surface area contributed by atoms with Crippen molar-refractivity contribution in [2.45, 2.75) is 6.92 Å². The highest BCUT2D eigenvalue weighted by molar-refractivity contribution is 9.10. The molecule has 2 N–H and O–H groups in total. The molecule has 6 heteroatoms. The first-order valence-electron chi connectivity index (χ1n) is 6.84. The molecule has 0 atom stereocenters. The largest absolute Gasteiger partial charge is 0.360 e. The quantitative estimate of drug-likeness (QED) is 0.501. The Hall–Kier alpha value is -2.11. The first-order valence-corrected chi connectivity index (χ1v) is 8.01. The van der Waals surface area contributed by atoms with Crippen molar-refractivity contribution in [2.24, 2.45) is 0 Å². The van der Waals surface area contributed by atoms with Crippen LogP contribution < -0.4 is 5.32 Å². The fraction of sp³-hybridized carbons (Fsp3) is 0.0588. The Morgan fingerprint density at radius 2 is 1.96 bits per heavy atom. The molecule has 0 aliphatic carbocycles. The van der Waals surface area contributed by atoms with Gasteiger partial charge in [0.2, 0.25) is 0 Å². The van der Waals surface area contributed by atoms with Gasteiger partial charge in [-0.1, -0.05) is 33.6 Å². The van der Waals surface area contributed by atoms with Crippen LogP contribution in [-0.2, 0) is 4.79 Å². The fourth-order valence-electron chi connectivity index (χ4n) is 2.32. The van der Waals surface area contributed by atoms with E-state index in [0.717, 1.165) is 10.0 Å². The van der Waals surface area contributed by atoms with E-state index >= 15 is 0 Å². The van der Waals surface area contributed by atoms with Gasteiger partial charge in [0.1, 0.15) is 0 Å². The van der Waals surface area contributed by atoms with Crippen molar-refractivity contribution in [3.8, 4) is 0 Å². The number of amides is 1. The van der Waals surface area contributed by atoms with Crippen LogP contribution in [0.2, 0.25) is 5.02 Å². The van der Waals surface area contributed by atoms with E-state index in [1.54, 1.807) is 30.3 Å². The molecule has 1 aromatic heterocycles. The fourth-order valence-corrected chi connectivity index (χ4v) is 2.74. The van der Waals surface area contributed by atoms with E-state index in [0.29, 0.717) is 27.2 Å². The summed E-state index contributed by atoms with van der Waals surface area (Å²) in [4.78, 5) is 27.5. The Morgan fingerprint density at radius 3 is 2.70 bits per heavy atom. The second-order valence-electron chi connectivity index (χ2n) is 5.14. The average Bonchev–Trinajstić information content (AvgIpc) is 2.93. The van der Waals surface area contributed by atoms with E-state index < -0.39 is 11.7 Å². The number of anilines is 1. The molecule has 116 valence electrons. The zero-order valence-corrected chi connectivity index (χ0v) is 14.5. The summed E-state index contributed by atoms with van der Waals surface area (Å²) in [5.41, 5.74) is 2.58. The summed E-state index contributed by atoms with van der Waals surface area (Å²) in [6.07, 6.45) is 1.52. The van der Waals surface area contributed by atoms with Crippen molar-refractivity contribution in [3.05, 3.63) is 63.2 Å². The molecule has 2 aromatic carbocycles. The lowest BCUT2D eigenvalue weighted by Gasteiger charge is -2.06. The highest BCUT2D eigenvalue weighted by Gasteiger charge is 2.20. The van der Waals surface area contributed by atoms with Crippen molar-refractivity contribution in [3.63, 3.8) is 0 Å². The highest BCUT2D eigenvalue weighted by atomic mass is 79.9. The van der Waals surface area contributed by atoms with E-state index in [1.165, 1.54) is 6.20 Å². The van der Waals surface area contributed by atoms with Crippen LogP contribution in [0.15, 0.2) is 47.1 Å². The summed E-state index contributed by atoms with van der Waals surface area (Å²) >= 11 is 9.31. The number of halogens is 2. The number of aromatic amines is 1. The highest BCUT2D eigenvalue weighted by Crippen LogP contribution is 2.23. The van der Waals surface area contributed by atoms with Gasteiger partial charge in [-0.2, -0.15) is 0 Å². The lowest BCUT2D eigenvalue weighted by atomic mass is 10.1. The monoisotopic (exact) mass is 390 g/mol. The number of aryl methyl sites for hydroxylation is 1. The maximum Gasteiger partial charge on any atom is 0.296 e. The van der Waals surface area contributed by atoms with Crippen LogP contribution in [0.4, 0.5) is 5.69 Å². The molecular weight excluding hydrogens is 380 g/mol. The molecule has 0 saturated heterocycles. The molecule has 0 spiro atoms. The lowest BCUT2D eigenvalue weighted by molar-refractivity contribution is -0.112. The number of nitrogens with one attached hydrogen (secondary N) is 2. The van der Waals surface area contributed by atoms with E-state index in [9.17, 15) is 9.59 Å². The molecule has 1 amide bonds. The first-order chi connectivity index (χ1) is 11.0. The average molecular weight is 392 g/mol. The van der Waals surface area contributed by atoms with Crippen LogP contribution in [0.5, 0.6) is 0 Å². The Morgan fingerprint density at radius 1 is 1.17 bits per heavy atom. The topological polar surface area (TPSA) is 62.0 Å². The van der Waals surface area contributed by atoms with Crippen LogP contribution in [0.25, 0.3) is 10.9 Å². The number of fused-ring (bicyclic) bond motifs is 1. The van der Waals surface area contributed by atoms with Crippen molar-refractivity contribution in [1.82, 2.24) is 4.98 Å². The third-order valence-corrected chi connectivity index (χ3v) is 4.64. The van der Waals surface area contributed by atoms with Gasteiger partial charge in [-0.25, -0.2) is 0 Å². The Kier molecular flexibility index (Phi) is 4.24. The molecule has 0 radical (unpaired) electrons. The Labute approximate surface area is 146 Å². The number of benzene rings is 2. The number of hydrogen-bond acceptors (Lipinski definition) is 2. The summed E-state index contributed by atoms with van der Waals surface area (Å²) in [5, 5.41) is 3.86. The number of ketones is 1. The van der Waals surface area contributed by atoms with Crippen molar-refractivity contribution >= 4 is 55.8 Å². The standard InChI is InChI=1S/C17H12BrClN2O2/c1-9-6-11(3-5-14(9)18)21-17(23)16(22)13-8-20-15-7-10(19)2-4-12(13)15/h2-8,20H,1H3,(H,21,23). The van der Waals surface area contributed by atoms with Gasteiger partial charge < -0.3 is 10.3 Å². The molecule has 0 aliphatic rings. The second kappa shape index (κ2) is 6.18. The molecule has 4 nitrogen and oxygen atoms in total.